The van der Waals surface area contributed by atoms with Gasteiger partial charge in [0.05, 0.1) is 12.3 Å². The standard InChI is InChI=1S/C26H26N4O3/c1-18-7-11-20(12-8-18)24-28-26(33-16-15-32-3)29-30(24)23-6-4-5-22(17-23)27-25(31)21-13-9-19(2)10-14-21/h4-14,17H,15-16H2,1-3H3,(H,27,31). The van der Waals surface area contributed by atoms with Crippen molar-refractivity contribution in [3.63, 3.8) is 0 Å². The maximum atomic E-state index is 12.7. The minimum Gasteiger partial charge on any atom is -0.460 e. The van der Waals surface area contributed by atoms with Gasteiger partial charge in [0, 0.05) is 23.9 Å². The molecule has 0 aliphatic carbocycles. The number of carbonyl (C=O) groups excluding carboxylic acids is 1. The van der Waals surface area contributed by atoms with Crippen LogP contribution in [0, 0.1) is 13.8 Å². The molecule has 1 N–H and O–H groups in total. The Morgan fingerprint density at radius 3 is 2.33 bits per heavy atom. The van der Waals surface area contributed by atoms with E-state index in [1.165, 1.54) is 0 Å². The number of aromatic nitrogens is 3. The summed E-state index contributed by atoms with van der Waals surface area (Å²) in [5, 5.41) is 7.51. The van der Waals surface area contributed by atoms with E-state index in [4.69, 9.17) is 9.47 Å². The maximum absolute atomic E-state index is 12.7. The third-order valence-corrected chi connectivity index (χ3v) is 5.08. The number of nitrogens with one attached hydrogen (secondary N) is 1. The van der Waals surface area contributed by atoms with E-state index in [1.54, 1.807) is 11.8 Å². The topological polar surface area (TPSA) is 78.3 Å². The summed E-state index contributed by atoms with van der Waals surface area (Å²) in [5.74, 6) is 0.470. The van der Waals surface area contributed by atoms with Gasteiger partial charge < -0.3 is 14.8 Å². The van der Waals surface area contributed by atoms with Gasteiger partial charge in [0.1, 0.15) is 6.61 Å². The molecule has 0 atom stereocenters. The molecule has 1 aromatic heterocycles. The van der Waals surface area contributed by atoms with E-state index < -0.39 is 0 Å². The normalized spacial score (nSPS) is 10.8. The van der Waals surface area contributed by atoms with Gasteiger partial charge >= 0.3 is 6.01 Å². The Labute approximate surface area is 193 Å². The Balaban J connectivity index is 1.65. The highest BCUT2D eigenvalue weighted by atomic mass is 16.5. The summed E-state index contributed by atoms with van der Waals surface area (Å²) in [6.45, 7) is 4.81. The quantitative estimate of drug-likeness (QED) is 0.396. The Bertz CT molecular complexity index is 1230. The van der Waals surface area contributed by atoms with Crippen molar-refractivity contribution in [1.82, 2.24) is 14.8 Å². The predicted molar refractivity (Wildman–Crippen MR) is 128 cm³/mol. The average molecular weight is 443 g/mol. The van der Waals surface area contributed by atoms with E-state index in [9.17, 15) is 4.79 Å². The first kappa shape index (κ1) is 22.2. The van der Waals surface area contributed by atoms with Crippen molar-refractivity contribution in [2.24, 2.45) is 0 Å². The fraction of sp³-hybridized carbons (Fsp3) is 0.192. The molecule has 0 radical (unpaired) electrons. The molecular weight excluding hydrogens is 416 g/mol. The van der Waals surface area contributed by atoms with Gasteiger partial charge in [-0.3, -0.25) is 4.79 Å². The van der Waals surface area contributed by atoms with E-state index >= 15 is 0 Å². The van der Waals surface area contributed by atoms with E-state index in [2.05, 4.69) is 15.4 Å². The second-order valence-electron chi connectivity index (χ2n) is 7.71. The minimum atomic E-state index is -0.173. The number of carbonyl (C=O) groups is 1. The van der Waals surface area contributed by atoms with E-state index in [0.717, 1.165) is 22.4 Å². The van der Waals surface area contributed by atoms with Gasteiger partial charge in [-0.1, -0.05) is 53.6 Å². The lowest BCUT2D eigenvalue weighted by atomic mass is 10.1. The van der Waals surface area contributed by atoms with Crippen molar-refractivity contribution in [2.75, 3.05) is 25.6 Å². The first-order valence-corrected chi connectivity index (χ1v) is 10.7. The van der Waals surface area contributed by atoms with Gasteiger partial charge in [-0.25, -0.2) is 4.68 Å². The number of hydrogen-bond donors (Lipinski definition) is 1. The highest BCUT2D eigenvalue weighted by molar-refractivity contribution is 6.04. The number of nitrogens with zero attached hydrogens (tertiary/aromatic N) is 3. The van der Waals surface area contributed by atoms with Crippen LogP contribution in [0.25, 0.3) is 17.1 Å². The lowest BCUT2D eigenvalue weighted by molar-refractivity contribution is 0.102. The molecule has 0 aliphatic rings. The van der Waals surface area contributed by atoms with Gasteiger partial charge in [-0.05, 0) is 44.2 Å². The summed E-state index contributed by atoms with van der Waals surface area (Å²) in [6, 6.07) is 23.2. The highest BCUT2D eigenvalue weighted by Gasteiger charge is 2.16. The predicted octanol–water partition coefficient (Wildman–Crippen LogP) is 4.83. The van der Waals surface area contributed by atoms with Gasteiger partial charge in [-0.15, -0.1) is 5.10 Å². The molecule has 0 fully saturated rings. The molecule has 7 heteroatoms. The second kappa shape index (κ2) is 10.1. The number of amides is 1. The number of ether oxygens (including phenoxy) is 2. The number of benzene rings is 3. The Morgan fingerprint density at radius 2 is 1.64 bits per heavy atom. The van der Waals surface area contributed by atoms with Gasteiger partial charge in [0.25, 0.3) is 5.91 Å². The molecule has 168 valence electrons. The molecule has 3 aromatic carbocycles. The minimum absolute atomic E-state index is 0.173. The van der Waals surface area contributed by atoms with Gasteiger partial charge in [-0.2, -0.15) is 4.98 Å². The molecule has 1 heterocycles. The van der Waals surface area contributed by atoms with Crippen LogP contribution in [0.5, 0.6) is 6.01 Å². The maximum Gasteiger partial charge on any atom is 0.336 e. The second-order valence-corrected chi connectivity index (χ2v) is 7.71. The summed E-state index contributed by atoms with van der Waals surface area (Å²) < 4.78 is 12.4. The van der Waals surface area contributed by atoms with Crippen molar-refractivity contribution in [2.45, 2.75) is 13.8 Å². The third-order valence-electron chi connectivity index (χ3n) is 5.08. The highest BCUT2D eigenvalue weighted by Crippen LogP contribution is 2.25. The fourth-order valence-corrected chi connectivity index (χ4v) is 3.26. The monoisotopic (exact) mass is 442 g/mol. The molecule has 0 spiro atoms. The lowest BCUT2D eigenvalue weighted by Gasteiger charge is -2.10. The smallest absolute Gasteiger partial charge is 0.336 e. The van der Waals surface area contributed by atoms with Crippen LogP contribution in [0.2, 0.25) is 0 Å². The van der Waals surface area contributed by atoms with Crippen molar-refractivity contribution in [1.29, 1.82) is 0 Å². The van der Waals surface area contributed by atoms with E-state index in [0.29, 0.717) is 30.3 Å². The number of methoxy groups -OCH3 is 1. The number of rotatable bonds is 8. The van der Waals surface area contributed by atoms with E-state index in [-0.39, 0.29) is 11.9 Å². The lowest BCUT2D eigenvalue weighted by Crippen LogP contribution is -2.12. The molecule has 4 rings (SSSR count). The van der Waals surface area contributed by atoms with Crippen molar-refractivity contribution in [3.05, 3.63) is 89.5 Å². The van der Waals surface area contributed by atoms with Crippen LogP contribution >= 0.6 is 0 Å². The Kier molecular flexibility index (Phi) is 6.80. The SMILES string of the molecule is COCCOc1nc(-c2ccc(C)cc2)n(-c2cccc(NC(=O)c3ccc(C)cc3)c2)n1. The molecule has 4 aromatic rings. The Hall–Kier alpha value is -3.97. The number of anilines is 1. The Morgan fingerprint density at radius 1 is 0.939 bits per heavy atom. The summed E-state index contributed by atoms with van der Waals surface area (Å²) in [6.07, 6.45) is 0. The van der Waals surface area contributed by atoms with Crippen molar-refractivity contribution < 1.29 is 14.3 Å². The van der Waals surface area contributed by atoms with Gasteiger partial charge in [0.2, 0.25) is 0 Å². The van der Waals surface area contributed by atoms with Crippen LogP contribution in [0.4, 0.5) is 5.69 Å². The summed E-state index contributed by atoms with van der Waals surface area (Å²) in [4.78, 5) is 17.3. The van der Waals surface area contributed by atoms with E-state index in [1.807, 2.05) is 86.6 Å². The zero-order valence-corrected chi connectivity index (χ0v) is 18.9. The summed E-state index contributed by atoms with van der Waals surface area (Å²) in [7, 11) is 1.61. The first-order valence-electron chi connectivity index (χ1n) is 10.7. The van der Waals surface area contributed by atoms with Crippen LogP contribution in [-0.2, 0) is 4.74 Å². The van der Waals surface area contributed by atoms with Crippen molar-refractivity contribution >= 4 is 11.6 Å². The van der Waals surface area contributed by atoms with Crippen LogP contribution in [0.15, 0.2) is 72.8 Å². The molecular formula is C26H26N4O3. The summed E-state index contributed by atoms with van der Waals surface area (Å²) >= 11 is 0. The summed E-state index contributed by atoms with van der Waals surface area (Å²) in [5.41, 5.74) is 5.17. The zero-order valence-electron chi connectivity index (χ0n) is 18.9. The van der Waals surface area contributed by atoms with Crippen LogP contribution in [-0.4, -0.2) is 41.0 Å². The largest absolute Gasteiger partial charge is 0.460 e. The van der Waals surface area contributed by atoms with Gasteiger partial charge in [0.15, 0.2) is 5.82 Å². The molecule has 0 aliphatic heterocycles. The van der Waals surface area contributed by atoms with Crippen molar-refractivity contribution in [3.8, 4) is 23.1 Å². The molecule has 33 heavy (non-hydrogen) atoms. The molecule has 0 saturated carbocycles. The molecule has 7 nitrogen and oxygen atoms in total. The van der Waals surface area contributed by atoms with Crippen LogP contribution < -0.4 is 10.1 Å². The van der Waals surface area contributed by atoms with Crippen LogP contribution in [0.1, 0.15) is 21.5 Å². The molecule has 0 unspecified atom stereocenters. The van der Waals surface area contributed by atoms with Crippen LogP contribution in [0.3, 0.4) is 0 Å². The third kappa shape index (κ3) is 5.45. The average Bonchev–Trinajstić information content (AvgIpc) is 3.24. The molecule has 1 amide bonds. The zero-order chi connectivity index (χ0) is 23.2. The number of aryl methyl sites for hydroxylation is 2. The fourth-order valence-electron chi connectivity index (χ4n) is 3.26. The molecule has 0 bridgehead atoms. The molecule has 0 saturated heterocycles. The number of hydrogen-bond acceptors (Lipinski definition) is 5. The first-order chi connectivity index (χ1) is 16.0.